The van der Waals surface area contributed by atoms with Gasteiger partial charge in [0.1, 0.15) is 12.4 Å². The highest BCUT2D eigenvalue weighted by Crippen LogP contribution is 2.31. The minimum Gasteiger partial charge on any atom is -0.493 e. The zero-order valence-electron chi connectivity index (χ0n) is 14.3. The number of rotatable bonds is 7. The summed E-state index contributed by atoms with van der Waals surface area (Å²) in [5, 5.41) is 7.59. The van der Waals surface area contributed by atoms with E-state index in [2.05, 4.69) is 15.5 Å². The molecule has 27 heavy (non-hydrogen) atoms. The zero-order valence-corrected chi connectivity index (χ0v) is 16.6. The molecule has 0 bridgehead atoms. The molecule has 3 N–H and O–H groups in total. The number of thiazole rings is 1. The van der Waals surface area contributed by atoms with Gasteiger partial charge in [0.05, 0.1) is 13.3 Å². The van der Waals surface area contributed by atoms with Crippen molar-refractivity contribution in [2.75, 3.05) is 18.3 Å². The number of nitrogens with zero attached hydrogens (tertiary/aromatic N) is 2. The summed E-state index contributed by atoms with van der Waals surface area (Å²) >= 11 is 13.7. The molecule has 2 aromatic carbocycles. The molecule has 0 unspecified atom stereocenters. The van der Waals surface area contributed by atoms with Crippen molar-refractivity contribution >= 4 is 51.7 Å². The zero-order chi connectivity index (χ0) is 19.2. The molecular formula is C18H16Cl2N4O2S. The minimum atomic E-state index is 0.231. The number of methoxy groups -OCH3 is 1. The minimum absolute atomic E-state index is 0.231. The molecule has 0 aliphatic heterocycles. The van der Waals surface area contributed by atoms with E-state index in [0.29, 0.717) is 32.5 Å². The van der Waals surface area contributed by atoms with E-state index >= 15 is 0 Å². The summed E-state index contributed by atoms with van der Waals surface area (Å²) in [6, 6.07) is 10.8. The Morgan fingerprint density at radius 3 is 2.67 bits per heavy atom. The highest BCUT2D eigenvalue weighted by Gasteiger charge is 2.10. The van der Waals surface area contributed by atoms with Gasteiger partial charge in [0, 0.05) is 21.0 Å². The van der Waals surface area contributed by atoms with Gasteiger partial charge >= 0.3 is 0 Å². The lowest BCUT2D eigenvalue weighted by molar-refractivity contribution is 0.284. The van der Waals surface area contributed by atoms with Crippen LogP contribution in [0.5, 0.6) is 11.5 Å². The molecule has 0 aliphatic carbocycles. The number of nitrogens with one attached hydrogen (secondary N) is 1. The molecule has 3 aromatic rings. The molecule has 3 rings (SSSR count). The van der Waals surface area contributed by atoms with Gasteiger partial charge in [-0.25, -0.2) is 4.98 Å². The van der Waals surface area contributed by atoms with Crippen LogP contribution in [-0.2, 0) is 6.61 Å². The first-order chi connectivity index (χ1) is 13.1. The fourth-order valence-corrected chi connectivity index (χ4v) is 3.26. The van der Waals surface area contributed by atoms with Gasteiger partial charge in [-0.05, 0) is 35.9 Å². The second-order valence-corrected chi connectivity index (χ2v) is 7.02. The lowest BCUT2D eigenvalue weighted by Crippen LogP contribution is -2.00. The quantitative estimate of drug-likeness (QED) is 0.410. The third-order valence-electron chi connectivity index (χ3n) is 3.52. The van der Waals surface area contributed by atoms with E-state index in [9.17, 15) is 0 Å². The van der Waals surface area contributed by atoms with E-state index in [1.165, 1.54) is 11.3 Å². The second-order valence-electron chi connectivity index (χ2n) is 5.35. The van der Waals surface area contributed by atoms with Crippen molar-refractivity contribution in [1.82, 2.24) is 4.98 Å². The van der Waals surface area contributed by atoms with E-state index in [1.54, 1.807) is 43.0 Å². The molecule has 1 heterocycles. The first-order valence-electron chi connectivity index (χ1n) is 7.80. The van der Waals surface area contributed by atoms with Gasteiger partial charge in [-0.15, -0.1) is 11.3 Å². The number of nitrogens with two attached hydrogens (primary N) is 1. The third kappa shape index (κ3) is 5.03. The van der Waals surface area contributed by atoms with Crippen LogP contribution in [0.4, 0.5) is 10.9 Å². The van der Waals surface area contributed by atoms with Gasteiger partial charge in [-0.1, -0.05) is 29.3 Å². The average molecular weight is 423 g/mol. The third-order valence-corrected chi connectivity index (χ3v) is 4.99. The number of halogens is 2. The van der Waals surface area contributed by atoms with Crippen LogP contribution in [0.25, 0.3) is 0 Å². The molecule has 1 aromatic heterocycles. The van der Waals surface area contributed by atoms with Crippen LogP contribution in [0.1, 0.15) is 11.1 Å². The normalized spacial score (nSPS) is 10.9. The van der Waals surface area contributed by atoms with Crippen LogP contribution in [0.15, 0.2) is 46.9 Å². The number of hydrogen-bond acceptors (Lipinski definition) is 7. The number of benzene rings is 2. The molecule has 0 atom stereocenters. The lowest BCUT2D eigenvalue weighted by Gasteiger charge is -2.13. The lowest BCUT2D eigenvalue weighted by atomic mass is 10.2. The predicted molar refractivity (Wildman–Crippen MR) is 112 cm³/mol. The Bertz CT molecular complexity index is 942. The van der Waals surface area contributed by atoms with Gasteiger partial charge in [-0.3, -0.25) is 5.43 Å². The van der Waals surface area contributed by atoms with E-state index in [4.69, 9.17) is 38.4 Å². The number of ether oxygens (including phenoxy) is 2. The summed E-state index contributed by atoms with van der Waals surface area (Å²) in [4.78, 5) is 4.06. The van der Waals surface area contributed by atoms with E-state index in [-0.39, 0.29) is 6.61 Å². The van der Waals surface area contributed by atoms with Crippen molar-refractivity contribution in [3.8, 4) is 11.5 Å². The predicted octanol–water partition coefficient (Wildman–Crippen LogP) is 5.07. The molecule has 0 spiro atoms. The summed E-state index contributed by atoms with van der Waals surface area (Å²) in [5.41, 5.74) is 9.93. The smallest absolute Gasteiger partial charge is 0.205 e. The van der Waals surface area contributed by atoms with E-state index in [1.807, 2.05) is 12.1 Å². The van der Waals surface area contributed by atoms with Crippen LogP contribution < -0.4 is 20.6 Å². The fraction of sp³-hybridized carbons (Fsp3) is 0.111. The standard InChI is InChI=1S/C18H16Cl2N4O2S/c1-25-16-7-11(8-22-24-18-23-17(21)10-27-18)5-6-15(16)26-9-12-13(19)3-2-4-14(12)20/h2-8,10H,9,21H2,1H3,(H,23,24). The van der Waals surface area contributed by atoms with Crippen LogP contribution in [-0.4, -0.2) is 18.3 Å². The van der Waals surface area contributed by atoms with Crippen molar-refractivity contribution in [3.63, 3.8) is 0 Å². The highest BCUT2D eigenvalue weighted by molar-refractivity contribution is 7.14. The van der Waals surface area contributed by atoms with Crippen molar-refractivity contribution in [3.05, 3.63) is 63.0 Å². The van der Waals surface area contributed by atoms with Crippen LogP contribution >= 0.6 is 34.5 Å². The Balaban J connectivity index is 1.68. The number of hydrazone groups is 1. The van der Waals surface area contributed by atoms with Crippen LogP contribution in [0.3, 0.4) is 0 Å². The van der Waals surface area contributed by atoms with Crippen LogP contribution in [0.2, 0.25) is 10.0 Å². The molecule has 0 saturated heterocycles. The summed E-state index contributed by atoms with van der Waals surface area (Å²) in [7, 11) is 1.57. The first kappa shape index (κ1) is 19.3. The Hall–Kier alpha value is -2.48. The number of anilines is 2. The summed E-state index contributed by atoms with van der Waals surface area (Å²) in [6.45, 7) is 0.231. The van der Waals surface area contributed by atoms with Crippen molar-refractivity contribution in [1.29, 1.82) is 0 Å². The Kier molecular flexibility index (Phi) is 6.39. The number of hydrogen-bond donors (Lipinski definition) is 2. The summed E-state index contributed by atoms with van der Waals surface area (Å²) in [6.07, 6.45) is 1.65. The SMILES string of the molecule is COc1cc(C=NNc2nc(N)cs2)ccc1OCc1c(Cl)cccc1Cl. The largest absolute Gasteiger partial charge is 0.493 e. The van der Waals surface area contributed by atoms with Gasteiger partial charge in [0.25, 0.3) is 0 Å². The Morgan fingerprint density at radius 1 is 1.22 bits per heavy atom. The molecule has 0 radical (unpaired) electrons. The first-order valence-corrected chi connectivity index (χ1v) is 9.44. The molecule has 0 aliphatic rings. The molecule has 140 valence electrons. The molecule has 6 nitrogen and oxygen atoms in total. The van der Waals surface area contributed by atoms with Crippen molar-refractivity contribution in [2.45, 2.75) is 6.61 Å². The molecule has 0 amide bonds. The maximum atomic E-state index is 6.17. The Morgan fingerprint density at radius 2 is 2.00 bits per heavy atom. The van der Waals surface area contributed by atoms with Gasteiger partial charge in [0.2, 0.25) is 5.13 Å². The van der Waals surface area contributed by atoms with Gasteiger partial charge < -0.3 is 15.2 Å². The van der Waals surface area contributed by atoms with Crippen LogP contribution in [0, 0.1) is 0 Å². The topological polar surface area (TPSA) is 81.8 Å². The number of nitrogen functional groups attached to an aromatic ring is 1. The monoisotopic (exact) mass is 422 g/mol. The highest BCUT2D eigenvalue weighted by atomic mass is 35.5. The van der Waals surface area contributed by atoms with Gasteiger partial charge in [0.15, 0.2) is 11.5 Å². The molecular weight excluding hydrogens is 407 g/mol. The number of aromatic nitrogens is 1. The fourth-order valence-electron chi connectivity index (χ4n) is 2.20. The Labute approximate surface area is 170 Å². The maximum Gasteiger partial charge on any atom is 0.205 e. The molecule has 9 heteroatoms. The summed E-state index contributed by atoms with van der Waals surface area (Å²) in [5.74, 6) is 1.60. The van der Waals surface area contributed by atoms with E-state index in [0.717, 1.165) is 11.1 Å². The summed E-state index contributed by atoms with van der Waals surface area (Å²) < 4.78 is 11.2. The molecule has 0 fully saturated rings. The molecule has 0 saturated carbocycles. The maximum absolute atomic E-state index is 6.17. The van der Waals surface area contributed by atoms with Crippen molar-refractivity contribution in [2.24, 2.45) is 5.10 Å². The van der Waals surface area contributed by atoms with E-state index < -0.39 is 0 Å². The second kappa shape index (κ2) is 8.94. The average Bonchev–Trinajstić information content (AvgIpc) is 3.07. The van der Waals surface area contributed by atoms with Gasteiger partial charge in [-0.2, -0.15) is 5.10 Å². The van der Waals surface area contributed by atoms with Crippen molar-refractivity contribution < 1.29 is 9.47 Å².